The molecule has 0 aliphatic carbocycles. The van der Waals surface area contributed by atoms with Gasteiger partial charge in [-0.1, -0.05) is 30.7 Å². The molecule has 2 rings (SSSR count). The van der Waals surface area contributed by atoms with Crippen molar-refractivity contribution in [1.82, 2.24) is 0 Å². The van der Waals surface area contributed by atoms with Gasteiger partial charge in [0, 0.05) is 23.5 Å². The average molecular weight is 511 g/mol. The van der Waals surface area contributed by atoms with Gasteiger partial charge in [-0.05, 0) is 64.1 Å². The van der Waals surface area contributed by atoms with E-state index in [0.717, 1.165) is 11.1 Å². The van der Waals surface area contributed by atoms with E-state index in [9.17, 15) is 19.2 Å². The van der Waals surface area contributed by atoms with E-state index in [0.29, 0.717) is 16.9 Å². The summed E-state index contributed by atoms with van der Waals surface area (Å²) in [5, 5.41) is 14.0. The molecule has 0 atom stereocenters. The van der Waals surface area contributed by atoms with E-state index in [-0.39, 0.29) is 54.6 Å². The largest absolute Gasteiger partial charge is 1.00 e. The van der Waals surface area contributed by atoms with Crippen LogP contribution in [0.15, 0.2) is 71.8 Å². The van der Waals surface area contributed by atoms with Gasteiger partial charge in [-0.2, -0.15) is 0 Å². The summed E-state index contributed by atoms with van der Waals surface area (Å²) < 4.78 is 4.60. The van der Waals surface area contributed by atoms with E-state index in [1.54, 1.807) is 36.4 Å². The van der Waals surface area contributed by atoms with Crippen LogP contribution in [0, 0.1) is 0 Å². The van der Waals surface area contributed by atoms with E-state index in [1.807, 2.05) is 27.7 Å². The molecule has 0 saturated heterocycles. The summed E-state index contributed by atoms with van der Waals surface area (Å²) in [5.41, 5.74) is 3.38. The molecule has 11 heteroatoms. The monoisotopic (exact) mass is 510 g/mol. The van der Waals surface area contributed by atoms with E-state index in [1.165, 1.54) is 31.4 Å². The first-order valence-electron chi connectivity index (χ1n) is 9.95. The van der Waals surface area contributed by atoms with Gasteiger partial charge < -0.3 is 31.4 Å². The predicted octanol–water partition coefficient (Wildman–Crippen LogP) is 1.31. The third kappa shape index (κ3) is 16.6. The Hall–Kier alpha value is -3.68. The van der Waals surface area contributed by atoms with Gasteiger partial charge >= 0.3 is 30.8 Å². The number of carbonyl (C=O) groups is 4. The third-order valence-corrected chi connectivity index (χ3v) is 3.77. The van der Waals surface area contributed by atoms with Crippen LogP contribution in [0.4, 0.5) is 11.4 Å². The van der Waals surface area contributed by atoms with Gasteiger partial charge in [0.25, 0.3) is 0 Å². The average Bonchev–Trinajstić information content (AvgIpc) is 2.72. The van der Waals surface area contributed by atoms with Crippen LogP contribution in [0.25, 0.3) is 0 Å². The molecule has 0 fully saturated rings. The van der Waals surface area contributed by atoms with Crippen LogP contribution in [-0.2, 0) is 14.3 Å². The quantitative estimate of drug-likeness (QED) is 0.297. The fraction of sp³-hybridized carbons (Fsp3) is 0.231. The molecule has 0 heterocycles. The van der Waals surface area contributed by atoms with Crippen LogP contribution in [-0.4, -0.2) is 46.9 Å². The zero-order valence-corrected chi connectivity index (χ0v) is 21.2. The fourth-order valence-corrected chi connectivity index (χ4v) is 2.45. The minimum absolute atomic E-state index is 0. The first-order chi connectivity index (χ1) is 15.5. The molecule has 0 spiro atoms. The summed E-state index contributed by atoms with van der Waals surface area (Å²) >= 11 is 0. The molecule has 0 aromatic heterocycles. The zero-order valence-electron chi connectivity index (χ0n) is 21.2. The molecule has 0 unspecified atom stereocenters. The zero-order chi connectivity index (χ0) is 25.0. The number of carbonyl (C=O) groups excluding carboxylic acids is 3. The summed E-state index contributed by atoms with van der Waals surface area (Å²) in [7, 11) is 1.32. The van der Waals surface area contributed by atoms with Gasteiger partial charge in [-0.3, -0.25) is 9.59 Å². The van der Waals surface area contributed by atoms with Crippen molar-refractivity contribution in [2.24, 2.45) is 0 Å². The Morgan fingerprint density at radius 3 is 1.51 bits per heavy atom. The topological polar surface area (TPSA) is 183 Å². The number of rotatable bonds is 6. The van der Waals surface area contributed by atoms with E-state index < -0.39 is 11.9 Å². The number of carboxylic acids is 1. The van der Waals surface area contributed by atoms with E-state index in [2.05, 4.69) is 15.4 Å². The molecule has 6 N–H and O–H groups in total. The number of hydrogen-bond donors (Lipinski definition) is 3. The van der Waals surface area contributed by atoms with Crippen molar-refractivity contribution >= 4 is 35.1 Å². The molecule has 37 heavy (non-hydrogen) atoms. The third-order valence-electron chi connectivity index (χ3n) is 3.77. The summed E-state index contributed by atoms with van der Waals surface area (Å²) in [6.45, 7) is 7.30. The van der Waals surface area contributed by atoms with Crippen LogP contribution >= 0.6 is 0 Å². The van der Waals surface area contributed by atoms with Crippen LogP contribution < -0.4 is 29.5 Å². The maximum atomic E-state index is 11.5. The number of nitrogens with one attached hydrogen (secondary N) is 2. The number of amides is 2. The summed E-state index contributed by atoms with van der Waals surface area (Å²) in [4.78, 5) is 44.8. The molecule has 2 aromatic rings. The standard InChI is InChI=1S/C13H15NO3.C12H13NO3.CH4.Li.2H2O/c1-9(2)7-12(15)14-11-6-4-5-10(8-11)13(16)17-3;1-8(2)6-11(14)13-10-5-3-4-9(7-10)12(15)16;;;;/h4-8H,1-3H3,(H,14,15);3-7H,1-2H3,(H,13,14)(H,15,16);1H4;;2*1H2/q;;;+1;;/p-1. The first kappa shape index (κ1) is 40.5. The number of allylic oxidation sites excluding steroid dienone is 2. The molecule has 0 aliphatic heterocycles. The Balaban J connectivity index is -0.000000266. The van der Waals surface area contributed by atoms with Crippen molar-refractivity contribution in [3.63, 3.8) is 0 Å². The van der Waals surface area contributed by atoms with E-state index >= 15 is 0 Å². The molecule has 10 nitrogen and oxygen atoms in total. The number of hydrogen-bond acceptors (Lipinski definition) is 6. The Morgan fingerprint density at radius 1 is 0.784 bits per heavy atom. The molecule has 2 amide bonds. The normalized spacial score (nSPS) is 8.35. The Kier molecular flexibility index (Phi) is 22.4. The van der Waals surface area contributed by atoms with Gasteiger partial charge in [0.15, 0.2) is 0 Å². The summed E-state index contributed by atoms with van der Waals surface area (Å²) in [6, 6.07) is 12.7. The van der Waals surface area contributed by atoms with Gasteiger partial charge in [0.05, 0.1) is 18.2 Å². The molecule has 198 valence electrons. The van der Waals surface area contributed by atoms with Crippen molar-refractivity contribution in [2.75, 3.05) is 17.7 Å². The van der Waals surface area contributed by atoms with E-state index in [4.69, 9.17) is 5.11 Å². The summed E-state index contributed by atoms with van der Waals surface area (Å²) in [5.74, 6) is -1.92. The van der Waals surface area contributed by atoms with Gasteiger partial charge in [-0.25, -0.2) is 9.59 Å². The molecule has 2 aromatic carbocycles. The number of benzene rings is 2. The van der Waals surface area contributed by atoms with Crippen molar-refractivity contribution in [2.45, 2.75) is 35.1 Å². The van der Waals surface area contributed by atoms with Crippen LogP contribution in [0.1, 0.15) is 55.8 Å². The number of carboxylic acid groups (broad SMARTS) is 1. The smallest absolute Gasteiger partial charge is 0.870 e. The minimum Gasteiger partial charge on any atom is -0.870 e. The Bertz CT molecular complexity index is 1090. The number of ether oxygens (including phenoxy) is 1. The van der Waals surface area contributed by atoms with Crippen LogP contribution in [0.3, 0.4) is 0 Å². The fourth-order valence-electron chi connectivity index (χ4n) is 2.45. The second kappa shape index (κ2) is 20.5. The molecular weight excluding hydrogens is 475 g/mol. The maximum Gasteiger partial charge on any atom is 1.00 e. The molecular formula is C26H35LiN2O8. The number of aromatic carboxylic acids is 1. The number of methoxy groups -OCH3 is 1. The summed E-state index contributed by atoms with van der Waals surface area (Å²) in [6.07, 6.45) is 2.94. The molecule has 0 aliphatic rings. The first-order valence-corrected chi connectivity index (χ1v) is 9.95. The predicted molar refractivity (Wildman–Crippen MR) is 140 cm³/mol. The van der Waals surface area contributed by atoms with Crippen LogP contribution in [0.5, 0.6) is 0 Å². The van der Waals surface area contributed by atoms with Gasteiger partial charge in [0.2, 0.25) is 11.8 Å². The minimum atomic E-state index is -1.02. The maximum absolute atomic E-state index is 11.5. The Morgan fingerprint density at radius 2 is 1.16 bits per heavy atom. The van der Waals surface area contributed by atoms with Crippen molar-refractivity contribution in [3.05, 3.63) is 83.0 Å². The van der Waals surface area contributed by atoms with Gasteiger partial charge in [0.1, 0.15) is 0 Å². The SMILES string of the molecule is C.CC(C)=CC(=O)Nc1cccc(C(=O)O)c1.COC(=O)c1cccc(NC(=O)C=C(C)C)c1.O.[Li+].[OH-]. The molecule has 0 saturated carbocycles. The second-order valence-corrected chi connectivity index (χ2v) is 7.38. The number of esters is 1. The van der Waals surface area contributed by atoms with Crippen LogP contribution in [0.2, 0.25) is 0 Å². The van der Waals surface area contributed by atoms with Crippen molar-refractivity contribution in [1.29, 1.82) is 0 Å². The van der Waals surface area contributed by atoms with Crippen molar-refractivity contribution < 1.29 is 58.8 Å². The van der Waals surface area contributed by atoms with Crippen molar-refractivity contribution in [3.8, 4) is 0 Å². The molecule has 0 radical (unpaired) electrons. The second-order valence-electron chi connectivity index (χ2n) is 7.38. The molecule has 0 bridgehead atoms. The number of anilines is 2. The Labute approximate surface area is 229 Å². The van der Waals surface area contributed by atoms with Gasteiger partial charge in [-0.15, -0.1) is 0 Å².